The number of benzene rings is 1. The third-order valence-electron chi connectivity index (χ3n) is 6.83. The average Bonchev–Trinajstić information content (AvgIpc) is 2.82. The molecule has 12 heteroatoms. The molecule has 37 heavy (non-hydrogen) atoms. The highest BCUT2D eigenvalue weighted by molar-refractivity contribution is 7.88. The zero-order chi connectivity index (χ0) is 27.0. The predicted molar refractivity (Wildman–Crippen MR) is 137 cm³/mol. The molecule has 3 heterocycles. The Hall–Kier alpha value is -2.60. The van der Waals surface area contributed by atoms with Crippen LogP contribution in [0.2, 0.25) is 0 Å². The monoisotopic (exact) mass is 539 g/mol. The van der Waals surface area contributed by atoms with Gasteiger partial charge in [0.2, 0.25) is 16.0 Å². The van der Waals surface area contributed by atoms with Crippen molar-refractivity contribution in [2.45, 2.75) is 70.4 Å². The Labute approximate surface area is 216 Å². The fourth-order valence-corrected chi connectivity index (χ4v) is 5.79. The molecule has 2 aromatic rings. The number of alkyl halides is 2. The molecule has 1 N–H and O–H groups in total. The van der Waals surface area contributed by atoms with Crippen LogP contribution in [0.25, 0.3) is 10.9 Å². The number of carbonyl (C=O) groups excluding carboxylic acids is 1. The molecule has 1 aromatic carbocycles. The number of piperidine rings is 2. The average molecular weight is 540 g/mol. The van der Waals surface area contributed by atoms with Crippen molar-refractivity contribution in [2.24, 2.45) is 0 Å². The van der Waals surface area contributed by atoms with Crippen LogP contribution in [0.1, 0.15) is 69.9 Å². The van der Waals surface area contributed by atoms with Gasteiger partial charge in [0.05, 0.1) is 11.8 Å². The van der Waals surface area contributed by atoms with Crippen molar-refractivity contribution < 1.29 is 26.7 Å². The summed E-state index contributed by atoms with van der Waals surface area (Å²) in [6.45, 7) is 7.23. The highest BCUT2D eigenvalue weighted by atomic mass is 32.2. The molecule has 0 radical (unpaired) electrons. The van der Waals surface area contributed by atoms with Crippen molar-refractivity contribution in [1.82, 2.24) is 19.2 Å². The van der Waals surface area contributed by atoms with E-state index in [1.54, 1.807) is 11.1 Å². The summed E-state index contributed by atoms with van der Waals surface area (Å²) in [4.78, 5) is 23.2. The number of nitrogens with one attached hydrogen (secondary N) is 1. The smallest absolute Gasteiger partial charge is 0.410 e. The Morgan fingerprint density at radius 1 is 1.11 bits per heavy atom. The number of likely N-dealkylation sites (tertiary alicyclic amines) is 1. The highest BCUT2D eigenvalue weighted by Gasteiger charge is 2.30. The summed E-state index contributed by atoms with van der Waals surface area (Å²) in [5, 5.41) is 3.84. The second-order valence-corrected chi connectivity index (χ2v) is 12.8. The third-order valence-corrected chi connectivity index (χ3v) is 8.13. The minimum Gasteiger partial charge on any atom is -0.444 e. The van der Waals surface area contributed by atoms with E-state index in [0.717, 1.165) is 5.56 Å². The van der Waals surface area contributed by atoms with Crippen LogP contribution in [0.5, 0.6) is 0 Å². The number of carbonyl (C=O) groups is 1. The molecule has 2 saturated heterocycles. The molecule has 0 saturated carbocycles. The lowest BCUT2D eigenvalue weighted by Crippen LogP contribution is -2.42. The summed E-state index contributed by atoms with van der Waals surface area (Å²) in [5.41, 5.74) is 0.687. The molecule has 4 rings (SSSR count). The molecule has 0 aliphatic carbocycles. The molecule has 0 spiro atoms. The van der Waals surface area contributed by atoms with Gasteiger partial charge in [-0.1, -0.05) is 0 Å². The molecule has 2 aliphatic heterocycles. The first-order valence-corrected chi connectivity index (χ1v) is 14.4. The third kappa shape index (κ3) is 6.84. The summed E-state index contributed by atoms with van der Waals surface area (Å²) in [6.07, 6.45) is 2.23. The fraction of sp³-hybridized carbons (Fsp3) is 0.640. The number of fused-ring (bicyclic) bond motifs is 1. The van der Waals surface area contributed by atoms with E-state index in [1.807, 2.05) is 20.8 Å². The number of sulfonamides is 1. The zero-order valence-electron chi connectivity index (χ0n) is 21.7. The van der Waals surface area contributed by atoms with Gasteiger partial charge in [0.25, 0.3) is 6.43 Å². The Balaban J connectivity index is 1.53. The van der Waals surface area contributed by atoms with Gasteiger partial charge in [0.15, 0.2) is 0 Å². The first-order chi connectivity index (χ1) is 17.3. The molecule has 2 fully saturated rings. The summed E-state index contributed by atoms with van der Waals surface area (Å²) in [7, 11) is -3.22. The van der Waals surface area contributed by atoms with Crippen LogP contribution < -0.4 is 5.32 Å². The van der Waals surface area contributed by atoms with Gasteiger partial charge in [-0.15, -0.1) is 0 Å². The van der Waals surface area contributed by atoms with E-state index in [2.05, 4.69) is 10.3 Å². The fourth-order valence-electron chi connectivity index (χ4n) is 4.92. The number of hydrogen-bond donors (Lipinski definition) is 1. The van der Waals surface area contributed by atoms with E-state index >= 15 is 0 Å². The maximum absolute atomic E-state index is 13.7. The van der Waals surface area contributed by atoms with Crippen molar-refractivity contribution in [3.8, 4) is 0 Å². The first kappa shape index (κ1) is 27.4. The molecule has 1 aromatic heterocycles. The quantitative estimate of drug-likeness (QED) is 0.596. The number of amides is 1. The number of halogens is 2. The number of aromatic nitrogens is 2. The molecule has 204 valence electrons. The van der Waals surface area contributed by atoms with E-state index in [-0.39, 0.29) is 23.6 Å². The number of rotatable bonds is 5. The molecule has 2 aliphatic rings. The second kappa shape index (κ2) is 10.6. The molecule has 0 bridgehead atoms. The maximum atomic E-state index is 13.7. The summed E-state index contributed by atoms with van der Waals surface area (Å²) < 4.78 is 57.9. The van der Waals surface area contributed by atoms with E-state index in [4.69, 9.17) is 9.72 Å². The molecule has 9 nitrogen and oxygen atoms in total. The van der Waals surface area contributed by atoms with Crippen molar-refractivity contribution in [2.75, 3.05) is 37.8 Å². The van der Waals surface area contributed by atoms with Crippen LogP contribution in [0.15, 0.2) is 18.3 Å². The van der Waals surface area contributed by atoms with Crippen molar-refractivity contribution in [3.63, 3.8) is 0 Å². The van der Waals surface area contributed by atoms with Crippen LogP contribution in [-0.2, 0) is 14.8 Å². The largest absolute Gasteiger partial charge is 0.444 e. The van der Waals surface area contributed by atoms with E-state index < -0.39 is 22.0 Å². The van der Waals surface area contributed by atoms with Crippen LogP contribution in [0.4, 0.5) is 19.5 Å². The van der Waals surface area contributed by atoms with Crippen molar-refractivity contribution >= 4 is 33.0 Å². The Bertz CT molecular complexity index is 1240. The van der Waals surface area contributed by atoms with Gasteiger partial charge in [-0.2, -0.15) is 0 Å². The molecular formula is C25H35F2N5O4S. The normalized spacial score (nSPS) is 18.9. The van der Waals surface area contributed by atoms with Gasteiger partial charge in [-0.05, 0) is 70.1 Å². The summed E-state index contributed by atoms with van der Waals surface area (Å²) in [6, 6.07) is 2.96. The Morgan fingerprint density at radius 3 is 2.32 bits per heavy atom. The van der Waals surface area contributed by atoms with Crippen LogP contribution in [0, 0.1) is 0 Å². The minimum absolute atomic E-state index is 0.0105. The van der Waals surface area contributed by atoms with Gasteiger partial charge in [-0.3, -0.25) is 0 Å². The lowest BCUT2D eigenvalue weighted by Gasteiger charge is -2.34. The SMILES string of the molecule is CC(C)(C)OC(=O)N1CCC(c2cc(C(F)F)cc3cnc(NC4CCN(S(C)(=O)=O)CC4)nc23)CC1. The lowest BCUT2D eigenvalue weighted by molar-refractivity contribution is 0.0205. The van der Waals surface area contributed by atoms with Crippen LogP contribution >= 0.6 is 0 Å². The predicted octanol–water partition coefficient (Wildman–Crippen LogP) is 4.52. The Kier molecular flexibility index (Phi) is 7.89. The number of ether oxygens (including phenoxy) is 1. The van der Waals surface area contributed by atoms with E-state index in [9.17, 15) is 22.0 Å². The molecular weight excluding hydrogens is 504 g/mol. The van der Waals surface area contributed by atoms with Gasteiger partial charge in [0, 0.05) is 49.4 Å². The topological polar surface area (TPSA) is 105 Å². The molecule has 0 unspecified atom stereocenters. The van der Waals surface area contributed by atoms with E-state index in [0.29, 0.717) is 68.7 Å². The number of anilines is 1. The van der Waals surface area contributed by atoms with Crippen molar-refractivity contribution in [3.05, 3.63) is 29.5 Å². The van der Waals surface area contributed by atoms with E-state index in [1.165, 1.54) is 22.7 Å². The number of hydrogen-bond acceptors (Lipinski definition) is 7. The first-order valence-electron chi connectivity index (χ1n) is 12.6. The number of nitrogens with zero attached hydrogens (tertiary/aromatic N) is 4. The van der Waals surface area contributed by atoms with Gasteiger partial charge < -0.3 is 15.0 Å². The summed E-state index contributed by atoms with van der Waals surface area (Å²) in [5.74, 6) is 0.350. The molecule has 1 amide bonds. The van der Waals surface area contributed by atoms with Crippen LogP contribution in [0.3, 0.4) is 0 Å². The van der Waals surface area contributed by atoms with Gasteiger partial charge >= 0.3 is 6.09 Å². The highest BCUT2D eigenvalue weighted by Crippen LogP contribution is 2.36. The second-order valence-electron chi connectivity index (χ2n) is 10.9. The standard InChI is InChI=1S/C25H35F2N5O4S/c1-25(2,3)36-24(33)31-9-5-16(6-10-31)20-14-17(22(26)27)13-18-15-28-23(30-21(18)20)29-19-7-11-32(12-8-19)37(4,34)35/h13-16,19,22H,5-12H2,1-4H3,(H,28,29,30). The van der Waals surface area contributed by atoms with Gasteiger partial charge in [0.1, 0.15) is 5.60 Å². The maximum Gasteiger partial charge on any atom is 0.410 e. The lowest BCUT2D eigenvalue weighted by atomic mass is 9.87. The van der Waals surface area contributed by atoms with Crippen LogP contribution in [-0.4, -0.2) is 77.8 Å². The van der Waals surface area contributed by atoms with Gasteiger partial charge in [-0.25, -0.2) is 36.3 Å². The summed E-state index contributed by atoms with van der Waals surface area (Å²) >= 11 is 0. The minimum atomic E-state index is -3.22. The zero-order valence-corrected chi connectivity index (χ0v) is 22.5. The van der Waals surface area contributed by atoms with Crippen molar-refractivity contribution in [1.29, 1.82) is 0 Å². The molecule has 0 atom stereocenters. The Morgan fingerprint density at radius 2 is 1.76 bits per heavy atom.